The van der Waals surface area contributed by atoms with Crippen molar-refractivity contribution >= 4 is 21.9 Å². The molecular formula is C81H50IrN4-4. The average molecular weight is 1270 g/mol. The van der Waals surface area contributed by atoms with Gasteiger partial charge >= 0.3 is 0 Å². The molecule has 0 fully saturated rings. The Kier molecular flexibility index (Phi) is 14.6. The number of para-hydroxylation sites is 2. The second kappa shape index (κ2) is 23.5. The molecule has 11 aromatic carbocycles. The standard InChI is InChI=1S/C81H50N4.Ir/c1-3-18-55(19-4-1)56-32-38-60(39-33-56)76-53-62(78-46-47-80-81(84-78)75-29-13-14-31-79(75)85(80)67-21-5-2-6-22-67)44-45-74(76)73-28-12-11-27-72(73)66-51-64(70-25-9-7-23-68(70)58-36-34-57(35-37-58)63-20-17-48-82-54-63)50-65(52-66)71-26-10-8-24-69(71)59-40-42-61(43-41-59)77-30-15-16-49-83-77;/h1-34,36-42,45-53H;/q-4;. The molecule has 15 rings (SSSR count). The number of hydrogen-bond donors (Lipinski definition) is 0. The molecule has 0 aliphatic heterocycles. The van der Waals surface area contributed by atoms with Crippen molar-refractivity contribution in [2.24, 2.45) is 0 Å². The molecule has 86 heavy (non-hydrogen) atoms. The molecule has 15 aromatic rings. The number of benzene rings is 11. The third kappa shape index (κ3) is 10.3. The van der Waals surface area contributed by atoms with Gasteiger partial charge in [-0.15, -0.1) is 77.4 Å². The van der Waals surface area contributed by atoms with Gasteiger partial charge < -0.3 is 14.5 Å². The predicted octanol–water partition coefficient (Wildman–Crippen LogP) is 20.5. The van der Waals surface area contributed by atoms with Crippen LogP contribution in [0.5, 0.6) is 0 Å². The molecule has 4 aromatic heterocycles. The Balaban J connectivity index is 0.00000653. The first-order valence-electron chi connectivity index (χ1n) is 28.6. The van der Waals surface area contributed by atoms with Crippen molar-refractivity contribution in [2.45, 2.75) is 0 Å². The van der Waals surface area contributed by atoms with E-state index in [9.17, 15) is 0 Å². The van der Waals surface area contributed by atoms with Gasteiger partial charge in [0.1, 0.15) is 0 Å². The van der Waals surface area contributed by atoms with Crippen LogP contribution in [0.25, 0.3) is 150 Å². The van der Waals surface area contributed by atoms with E-state index < -0.39 is 0 Å². The maximum absolute atomic E-state index is 5.48. The van der Waals surface area contributed by atoms with Gasteiger partial charge in [0.05, 0.1) is 16.6 Å². The molecule has 0 saturated heterocycles. The SMILES string of the molecule is [Ir].[c-]1ncccc1-c1[c-]cc(-c2ccccc2-c2cc(-c3ccccc3-c3c[c-]c(-c4ccccn4)cc3)cc(-c3ccccc3-c3c[c-]c(-c4ccc5c(n4)c4ccccc4n5-c4ccccc4)cc3-c3ccc(-c4ccccc4)cc3)c2)cc1. The summed E-state index contributed by atoms with van der Waals surface area (Å²) in [5.74, 6) is 0. The summed E-state index contributed by atoms with van der Waals surface area (Å²) in [6, 6.07) is 114. The summed E-state index contributed by atoms with van der Waals surface area (Å²) in [5, 5.41) is 1.10. The Morgan fingerprint density at radius 3 is 1.44 bits per heavy atom. The molecule has 0 unspecified atom stereocenters. The Morgan fingerprint density at radius 2 is 0.826 bits per heavy atom. The van der Waals surface area contributed by atoms with Gasteiger partial charge in [0.2, 0.25) is 0 Å². The van der Waals surface area contributed by atoms with Gasteiger partial charge in [-0.05, 0) is 110 Å². The minimum Gasteiger partial charge on any atom is -0.371 e. The van der Waals surface area contributed by atoms with Crippen LogP contribution >= 0.6 is 0 Å². The van der Waals surface area contributed by atoms with Crippen molar-refractivity contribution in [1.29, 1.82) is 0 Å². The number of hydrogen-bond acceptors (Lipinski definition) is 3. The molecule has 0 aliphatic carbocycles. The molecule has 0 aliphatic rings. The van der Waals surface area contributed by atoms with Gasteiger partial charge in [-0.25, -0.2) is 11.1 Å². The van der Waals surface area contributed by atoms with Gasteiger partial charge in [0.25, 0.3) is 0 Å². The van der Waals surface area contributed by atoms with Gasteiger partial charge in [0.15, 0.2) is 0 Å². The Bertz CT molecular complexity index is 4740. The number of nitrogens with zero attached hydrogens (tertiary/aromatic N) is 4. The summed E-state index contributed by atoms with van der Waals surface area (Å²) in [6.07, 6.45) is 6.69. The number of pyridine rings is 3. The summed E-state index contributed by atoms with van der Waals surface area (Å²) in [5.41, 5.74) is 27.2. The van der Waals surface area contributed by atoms with Crippen LogP contribution in [0.1, 0.15) is 0 Å². The minimum atomic E-state index is 0. The number of fused-ring (bicyclic) bond motifs is 3. The van der Waals surface area contributed by atoms with Crippen molar-refractivity contribution in [1.82, 2.24) is 19.5 Å². The Labute approximate surface area is 514 Å². The van der Waals surface area contributed by atoms with Crippen molar-refractivity contribution in [3.8, 4) is 128 Å². The van der Waals surface area contributed by atoms with Gasteiger partial charge in [0, 0.05) is 37.4 Å². The van der Waals surface area contributed by atoms with Crippen LogP contribution in [0.4, 0.5) is 0 Å². The Hall–Kier alpha value is -10.7. The van der Waals surface area contributed by atoms with E-state index in [1.807, 2.05) is 36.5 Å². The van der Waals surface area contributed by atoms with Crippen molar-refractivity contribution < 1.29 is 20.1 Å². The zero-order valence-electron chi connectivity index (χ0n) is 46.5. The van der Waals surface area contributed by atoms with Gasteiger partial charge in [-0.2, -0.15) is 18.2 Å². The molecule has 5 heteroatoms. The van der Waals surface area contributed by atoms with Crippen LogP contribution in [-0.4, -0.2) is 19.5 Å². The van der Waals surface area contributed by atoms with Crippen LogP contribution in [0.3, 0.4) is 0 Å². The van der Waals surface area contributed by atoms with E-state index in [1.54, 1.807) is 6.20 Å². The molecule has 0 atom stereocenters. The van der Waals surface area contributed by atoms with Crippen LogP contribution < -0.4 is 0 Å². The van der Waals surface area contributed by atoms with Crippen LogP contribution in [0.2, 0.25) is 0 Å². The molecule has 4 nitrogen and oxygen atoms in total. The largest absolute Gasteiger partial charge is 0.371 e. The normalized spacial score (nSPS) is 11.2. The van der Waals surface area contributed by atoms with E-state index in [1.165, 1.54) is 5.56 Å². The van der Waals surface area contributed by atoms with E-state index >= 15 is 0 Å². The fourth-order valence-corrected chi connectivity index (χ4v) is 12.0. The van der Waals surface area contributed by atoms with Gasteiger partial charge in [-0.1, -0.05) is 228 Å². The average Bonchev–Trinajstić information content (AvgIpc) is 2.26. The zero-order chi connectivity index (χ0) is 56.5. The van der Waals surface area contributed by atoms with Crippen LogP contribution in [0.15, 0.2) is 304 Å². The van der Waals surface area contributed by atoms with Crippen LogP contribution in [-0.2, 0) is 20.1 Å². The van der Waals surface area contributed by atoms with E-state index in [0.29, 0.717) is 0 Å². The monoisotopic (exact) mass is 1270 g/mol. The van der Waals surface area contributed by atoms with E-state index in [0.717, 1.165) is 145 Å². The second-order valence-electron chi connectivity index (χ2n) is 21.2. The maximum Gasteiger partial charge on any atom is 0.0856 e. The first kappa shape index (κ1) is 53.3. The van der Waals surface area contributed by atoms with E-state index in [-0.39, 0.29) is 20.1 Å². The molecule has 407 valence electrons. The van der Waals surface area contributed by atoms with Crippen molar-refractivity contribution in [3.63, 3.8) is 0 Å². The third-order valence-electron chi connectivity index (χ3n) is 16.1. The smallest absolute Gasteiger partial charge is 0.0856 e. The molecule has 1 radical (unpaired) electrons. The van der Waals surface area contributed by atoms with E-state index in [4.69, 9.17) is 4.98 Å². The fourth-order valence-electron chi connectivity index (χ4n) is 12.0. The summed E-state index contributed by atoms with van der Waals surface area (Å²) < 4.78 is 2.31. The third-order valence-corrected chi connectivity index (χ3v) is 16.1. The minimum absolute atomic E-state index is 0. The first-order valence-corrected chi connectivity index (χ1v) is 28.6. The predicted molar refractivity (Wildman–Crippen MR) is 349 cm³/mol. The van der Waals surface area contributed by atoms with Crippen molar-refractivity contribution in [3.05, 3.63) is 328 Å². The van der Waals surface area contributed by atoms with E-state index in [2.05, 4.69) is 300 Å². The number of rotatable bonds is 12. The molecule has 4 heterocycles. The molecule has 0 bridgehead atoms. The van der Waals surface area contributed by atoms with Crippen LogP contribution in [0, 0.1) is 24.4 Å². The number of aromatic nitrogens is 4. The Morgan fingerprint density at radius 1 is 0.291 bits per heavy atom. The molecule has 0 N–H and O–H groups in total. The summed E-state index contributed by atoms with van der Waals surface area (Å²) >= 11 is 0. The fraction of sp³-hybridized carbons (Fsp3) is 0. The van der Waals surface area contributed by atoms with Crippen molar-refractivity contribution in [2.75, 3.05) is 0 Å². The topological polar surface area (TPSA) is 43.6 Å². The molecule has 0 spiro atoms. The second-order valence-corrected chi connectivity index (χ2v) is 21.2. The summed E-state index contributed by atoms with van der Waals surface area (Å²) in [6.45, 7) is 0. The van der Waals surface area contributed by atoms with Gasteiger partial charge in [-0.3, -0.25) is 4.98 Å². The summed E-state index contributed by atoms with van der Waals surface area (Å²) in [7, 11) is 0. The molecule has 0 saturated carbocycles. The molecule has 0 amide bonds. The quantitative estimate of drug-likeness (QED) is 0.115. The summed E-state index contributed by atoms with van der Waals surface area (Å²) in [4.78, 5) is 14.3. The maximum atomic E-state index is 5.48. The first-order chi connectivity index (χ1) is 42.1. The molecular weight excluding hydrogens is 1220 g/mol. The zero-order valence-corrected chi connectivity index (χ0v) is 48.9.